The molecule has 0 aromatic heterocycles. The second-order valence-corrected chi connectivity index (χ2v) is 53.7. The quantitative estimate of drug-likeness (QED) is 0.0252. The highest BCUT2D eigenvalue weighted by Gasteiger charge is 2.63. The minimum atomic E-state index is -3.90. The summed E-state index contributed by atoms with van der Waals surface area (Å²) in [6.45, 7) is 7.25. The average molecular weight is 2190 g/mol. The molecule has 63 heteroatoms. The van der Waals surface area contributed by atoms with Gasteiger partial charge >= 0.3 is 65.4 Å². The summed E-state index contributed by atoms with van der Waals surface area (Å²) < 4.78 is 148. The van der Waals surface area contributed by atoms with Crippen LogP contribution in [0.2, 0.25) is 31.6 Å². The molecule has 3 saturated carbocycles. The van der Waals surface area contributed by atoms with Crippen molar-refractivity contribution in [2.75, 3.05) is 162 Å². The minimum Gasteiger partial charge on any atom is -0.480 e. The van der Waals surface area contributed by atoms with Gasteiger partial charge in [-0.2, -0.15) is 96.9 Å². The van der Waals surface area contributed by atoms with E-state index in [4.69, 9.17) is 78.9 Å². The van der Waals surface area contributed by atoms with Gasteiger partial charge in [0.1, 0.15) is 22.2 Å². The summed E-state index contributed by atoms with van der Waals surface area (Å²) >= 11 is 1.73. The van der Waals surface area contributed by atoms with Gasteiger partial charge in [-0.05, 0) is 146 Å². The third kappa shape index (κ3) is 29.3. The summed E-state index contributed by atoms with van der Waals surface area (Å²) in [5.41, 5.74) is 21.6. The van der Waals surface area contributed by atoms with E-state index in [-0.39, 0.29) is 145 Å². The highest BCUT2D eigenvalue weighted by molar-refractivity contribution is 7.99. The average Bonchev–Trinajstić information content (AvgIpc) is 1.36. The molecule has 15 fully saturated rings. The molecule has 3 aliphatic carbocycles. The summed E-state index contributed by atoms with van der Waals surface area (Å²) in [6, 6.07) is -1.55. The minimum absolute atomic E-state index is 0.0144. The van der Waals surface area contributed by atoms with Crippen molar-refractivity contribution in [2.45, 2.75) is 281 Å². The number of carbonyl (C=O) groups excluding carboxylic acids is 1. The Labute approximate surface area is 863 Å². The number of carboxylic acid groups (broad SMARTS) is 5. The second-order valence-electron chi connectivity index (χ2n) is 43.2. The predicted molar refractivity (Wildman–Crippen MR) is 543 cm³/mol. The first-order valence-corrected chi connectivity index (χ1v) is 59.9. The lowest BCUT2D eigenvalue weighted by Crippen LogP contribution is -2.77. The topological polar surface area (TPSA) is 811 Å². The zero-order valence-corrected chi connectivity index (χ0v) is 88.5. The first kappa shape index (κ1) is 122. The third-order valence-corrected chi connectivity index (χ3v) is 43.8. The number of aliphatic carboxylic acids is 5. The monoisotopic (exact) mass is 2190 g/mol. The van der Waals surface area contributed by atoms with Gasteiger partial charge in [0, 0.05) is 197 Å². The number of amides is 1. The van der Waals surface area contributed by atoms with Crippen molar-refractivity contribution in [1.82, 2.24) is 75.0 Å². The number of nitrogens with zero attached hydrogens (tertiary/aromatic N) is 10. The third-order valence-electron chi connectivity index (χ3n) is 32.7. The molecule has 31 N–H and O–H groups in total. The molecule has 1 unspecified atom stereocenters. The van der Waals surface area contributed by atoms with Crippen molar-refractivity contribution in [1.29, 1.82) is 0 Å². The fraction of sp³-hybridized carbons (Fsp3) is 0.928. The van der Waals surface area contributed by atoms with Gasteiger partial charge in [0.15, 0.2) is 5.54 Å². The van der Waals surface area contributed by atoms with Crippen molar-refractivity contribution in [3.63, 3.8) is 0 Å². The normalized spacial score (nSPS) is 30.1. The summed E-state index contributed by atoms with van der Waals surface area (Å²) in [5.74, 6) is -7.67. The fourth-order valence-electron chi connectivity index (χ4n) is 23.0. The summed E-state index contributed by atoms with van der Waals surface area (Å²) in [4.78, 5) is 72.1. The van der Waals surface area contributed by atoms with Crippen LogP contribution in [0.1, 0.15) is 174 Å². The molecule has 1 spiro atoms. The number of carboxylic acids is 5. The molecule has 12 saturated heterocycles. The van der Waals surface area contributed by atoms with Crippen LogP contribution in [-0.4, -0.2) is 470 Å². The lowest BCUT2D eigenvalue weighted by Gasteiger charge is -2.55. The van der Waals surface area contributed by atoms with Gasteiger partial charge in [-0.3, -0.25) is 24.0 Å². The van der Waals surface area contributed by atoms with Crippen LogP contribution in [0.25, 0.3) is 0 Å². The molecule has 0 radical (unpaired) electrons. The van der Waals surface area contributed by atoms with E-state index in [2.05, 4.69) is 31.9 Å². The molecule has 15 aliphatic rings. The van der Waals surface area contributed by atoms with E-state index in [1.165, 1.54) is 34.9 Å². The van der Waals surface area contributed by atoms with Gasteiger partial charge in [0.25, 0.3) is 51.0 Å². The van der Waals surface area contributed by atoms with Crippen LogP contribution >= 0.6 is 11.8 Å². The van der Waals surface area contributed by atoms with Crippen LogP contribution in [0.5, 0.6) is 0 Å². The molecule has 0 bridgehead atoms. The smallest absolute Gasteiger partial charge is 0.451 e. The molecule has 146 heavy (non-hydrogen) atoms. The molecule has 0 aromatic rings. The maximum atomic E-state index is 13.6. The van der Waals surface area contributed by atoms with E-state index in [0.29, 0.717) is 142 Å². The Morgan fingerprint density at radius 1 is 0.384 bits per heavy atom. The first-order valence-electron chi connectivity index (χ1n) is 51.8. The molecular formula is C83H160B5N21O31S6. The highest BCUT2D eigenvalue weighted by Crippen LogP contribution is 2.45. The van der Waals surface area contributed by atoms with Gasteiger partial charge in [-0.1, -0.05) is 83.5 Å². The van der Waals surface area contributed by atoms with Crippen LogP contribution in [-0.2, 0) is 79.8 Å². The number of hydrogen-bond donors (Lipinski definition) is 26. The van der Waals surface area contributed by atoms with Gasteiger partial charge in [-0.15, -0.1) is 0 Å². The predicted octanol–water partition coefficient (Wildman–Crippen LogP) is -8.75. The number of carbonyl (C=O) groups is 6. The summed E-state index contributed by atoms with van der Waals surface area (Å²) in [7, 11) is -26.7. The molecule has 0 aromatic carbocycles. The van der Waals surface area contributed by atoms with Crippen molar-refractivity contribution in [2.24, 2.45) is 70.1 Å². The molecule has 12 atom stereocenters. The molecule has 834 valence electrons. The van der Waals surface area contributed by atoms with Crippen LogP contribution in [0.15, 0.2) is 0 Å². The van der Waals surface area contributed by atoms with Crippen LogP contribution in [0, 0.1) is 41.4 Å². The lowest BCUT2D eigenvalue weighted by molar-refractivity contribution is -0.149. The summed E-state index contributed by atoms with van der Waals surface area (Å²) in [6.07, 6.45) is 19.8. The van der Waals surface area contributed by atoms with E-state index in [9.17, 15) is 96.4 Å². The molecule has 1 amide bonds. The van der Waals surface area contributed by atoms with E-state index in [0.717, 1.165) is 119 Å². The number of thioether (sulfide) groups is 1. The number of nitrogens with one attached hydrogen (secondary N) is 6. The van der Waals surface area contributed by atoms with E-state index < -0.39 is 192 Å². The molecule has 12 aliphatic heterocycles. The van der Waals surface area contributed by atoms with Crippen LogP contribution in [0.4, 0.5) is 0 Å². The van der Waals surface area contributed by atoms with Gasteiger partial charge in [0.2, 0.25) is 5.91 Å². The fourth-order valence-corrected chi connectivity index (χ4v) is 34.3. The number of nitrogens with two attached hydrogens (primary N) is 5. The lowest BCUT2D eigenvalue weighted by atomic mass is 9.78. The Morgan fingerprint density at radius 3 is 0.959 bits per heavy atom. The Kier molecular flexibility index (Phi) is 43.8. The number of rotatable bonds is 47. The molecule has 52 nitrogen and oxygen atoms in total. The van der Waals surface area contributed by atoms with Crippen molar-refractivity contribution in [3.8, 4) is 0 Å². The van der Waals surface area contributed by atoms with Gasteiger partial charge in [-0.25, -0.2) is 4.79 Å². The Balaban J connectivity index is 0.000000174. The van der Waals surface area contributed by atoms with Crippen LogP contribution in [0.3, 0.4) is 0 Å². The number of hydrogen-bond acceptors (Lipinski definition) is 37. The second kappa shape index (κ2) is 52.3. The van der Waals surface area contributed by atoms with E-state index in [1.54, 1.807) is 29.0 Å². The Hall–Kier alpha value is -3.96. The van der Waals surface area contributed by atoms with Crippen molar-refractivity contribution in [3.05, 3.63) is 0 Å². The van der Waals surface area contributed by atoms with Crippen molar-refractivity contribution < 1.29 is 147 Å². The highest BCUT2D eigenvalue weighted by atomic mass is 32.2. The summed E-state index contributed by atoms with van der Waals surface area (Å²) in [5, 5.41) is 158. The van der Waals surface area contributed by atoms with Gasteiger partial charge in [0.05, 0.1) is 30.2 Å². The zero-order chi connectivity index (χ0) is 107. The largest absolute Gasteiger partial charge is 0.480 e. The zero-order valence-electron chi connectivity index (χ0n) is 83.6. The van der Waals surface area contributed by atoms with Gasteiger partial charge < -0.3 is 136 Å². The molecule has 15 rings (SSSR count). The Morgan fingerprint density at radius 2 is 0.685 bits per heavy atom. The van der Waals surface area contributed by atoms with Crippen molar-refractivity contribution >= 4 is 134 Å². The molecule has 12 heterocycles. The van der Waals surface area contributed by atoms with E-state index in [1.807, 2.05) is 0 Å². The first-order chi connectivity index (χ1) is 68.5. The maximum absolute atomic E-state index is 13.6. The molecular weight excluding hydrogens is 2030 g/mol. The Bertz CT molecular complexity index is 4910. The SMILES string of the molecule is C[C@H](N)C(=O)N[C@@]1(C(=O)O)CN(S(=O)(=O)N2CC3(CCN3)C2)C[C@@H]1CCCB(O)O.N[C@@]1(C(=O)O)CN(S(=O)(=O)N(C2CCCCC2)C2CNC2)C[C@@H]1CCCB(O)O.N[C@@]1(C(=O)O)CN(S(=O)(=O)N(C2CNC2)C2CCSC2)C[C@@H]1CCCB(O)O.N[C@@]1(C(=O)O)CN(S(=O)(=O)N(CC2CCCC2)C2CNC2)C[C@@H]1CCCB(O)O.N[C@@]1(C(=O)O)CN(S(=O)(=O)N(CC2CCCCC2)C2CNC2)C[C@@H]1CCCB(O)O. The standard InChI is InChI=1S/C18H35BN4O6S.2C17H33BN4O6S.C16H30BN5O7S.C15H29BN4O6S2/c20-18(17(24)25)13-22(12-15(18)7-4-8-19(26)27)30(28,29)23(16-9-21-10-16)11-14-5-2-1-3-6-14;19-17(16(23)24)12-21(11-14(17)6-3-7-18(25)26)29(27,28)22(15-8-20-9-15)10-13-4-1-2-5-13;19-17(16(23)24)12-21(11-13(17)5-4-8-18(25)26)29(27,28)22(15-9-20-10-15)14-6-2-1-3-7-14;1-11(18)13(23)20-16(14(24)25)10-21(7-12(16)3-2-5-17(26)27)30(28,29)22-8-15(9-22)4-6-19-15;17-15(14(21)22)10-19(8-11(15)2-1-4-16(23)24)28(25,26)20(13-6-18-7-13)12-3-5-27-9-12/h14-16,21,26-27H,1-13,20H2,(H,24,25);2*13-15,20,25-26H,1-12,19H2,(H,23,24);11-12,19,26-27H,2-10,18H2,1H3,(H,20,23)(H,24,25);11-13,18,23-24H,1-10,17H2,(H,21,22)/t15-,18-;14-,17-;13-,17-;11-,12-,16-;11-,12?,15-/m00000/s1. The maximum Gasteiger partial charge on any atom is 0.451 e. The van der Waals surface area contributed by atoms with E-state index >= 15 is 0 Å². The van der Waals surface area contributed by atoms with Crippen LogP contribution < -0.4 is 60.6 Å².